The molecule has 3 aromatic rings. The molecule has 1 aliphatic heterocycles. The van der Waals surface area contributed by atoms with Gasteiger partial charge in [0.15, 0.2) is 24.8 Å². The summed E-state index contributed by atoms with van der Waals surface area (Å²) in [5.74, 6) is 1.26. The zero-order chi connectivity index (χ0) is 24.9. The van der Waals surface area contributed by atoms with Gasteiger partial charge in [0.25, 0.3) is 11.8 Å². The van der Waals surface area contributed by atoms with Gasteiger partial charge in [-0.1, -0.05) is 32.0 Å². The molecule has 35 heavy (non-hydrogen) atoms. The highest BCUT2D eigenvalue weighted by Gasteiger charge is 2.28. The maximum atomic E-state index is 12.8. The summed E-state index contributed by atoms with van der Waals surface area (Å²) in [5.41, 5.74) is 1.80. The average molecular weight is 477 g/mol. The number of nitrogens with one attached hydrogen (secondary N) is 1. The first-order valence-corrected chi connectivity index (χ1v) is 11.5. The molecule has 4 rings (SSSR count). The third kappa shape index (κ3) is 5.71. The highest BCUT2D eigenvalue weighted by Crippen LogP contribution is 2.34. The summed E-state index contributed by atoms with van der Waals surface area (Å²) < 4.78 is 16.9. The summed E-state index contributed by atoms with van der Waals surface area (Å²) in [7, 11) is 0. The Labute approximate surface area is 203 Å². The summed E-state index contributed by atoms with van der Waals surface area (Å²) >= 11 is 0. The molecule has 0 aliphatic carbocycles. The van der Waals surface area contributed by atoms with Crippen LogP contribution in [-0.4, -0.2) is 37.4 Å². The van der Waals surface area contributed by atoms with E-state index in [2.05, 4.69) is 5.32 Å². The Morgan fingerprint density at radius 2 is 1.91 bits per heavy atom. The average Bonchev–Trinajstić information content (AvgIpc) is 3.32. The van der Waals surface area contributed by atoms with E-state index in [0.717, 1.165) is 5.56 Å². The summed E-state index contributed by atoms with van der Waals surface area (Å²) in [5, 5.41) is 2.80. The molecule has 0 unspecified atom stereocenters. The van der Waals surface area contributed by atoms with Crippen LogP contribution in [0.15, 0.2) is 59.0 Å². The number of amides is 2. The van der Waals surface area contributed by atoms with Crippen molar-refractivity contribution in [2.24, 2.45) is 5.92 Å². The molecule has 1 aromatic heterocycles. The minimum atomic E-state index is -0.305. The van der Waals surface area contributed by atoms with Crippen LogP contribution in [0.25, 0.3) is 0 Å². The van der Waals surface area contributed by atoms with Gasteiger partial charge >= 0.3 is 0 Å². The highest BCUT2D eigenvalue weighted by atomic mass is 16.5. The van der Waals surface area contributed by atoms with E-state index in [-0.39, 0.29) is 43.1 Å². The van der Waals surface area contributed by atoms with Gasteiger partial charge in [0.05, 0.1) is 12.2 Å². The number of ketones is 1. The van der Waals surface area contributed by atoms with Crippen LogP contribution in [0.3, 0.4) is 0 Å². The van der Waals surface area contributed by atoms with Gasteiger partial charge < -0.3 is 19.2 Å². The number of anilines is 1. The Bertz CT molecular complexity index is 1250. The predicted octanol–water partition coefficient (Wildman–Crippen LogP) is 4.16. The van der Waals surface area contributed by atoms with Crippen LogP contribution in [0.5, 0.6) is 11.5 Å². The molecule has 0 saturated carbocycles. The van der Waals surface area contributed by atoms with Crippen molar-refractivity contribution in [3.63, 3.8) is 0 Å². The second-order valence-corrected chi connectivity index (χ2v) is 8.80. The second kappa shape index (κ2) is 10.5. The molecule has 0 fully saturated rings. The lowest BCUT2D eigenvalue weighted by molar-refractivity contribution is -0.121. The maximum Gasteiger partial charge on any atom is 0.287 e. The molecular formula is C27H28N2O6. The van der Waals surface area contributed by atoms with Gasteiger partial charge in [0, 0.05) is 12.1 Å². The molecule has 1 aliphatic rings. The van der Waals surface area contributed by atoms with E-state index in [1.807, 2.05) is 45.0 Å². The van der Waals surface area contributed by atoms with E-state index in [1.165, 1.54) is 4.90 Å². The normalized spacial score (nSPS) is 12.8. The van der Waals surface area contributed by atoms with Crippen LogP contribution in [-0.2, 0) is 11.3 Å². The number of rotatable bonds is 9. The van der Waals surface area contributed by atoms with E-state index in [0.29, 0.717) is 41.0 Å². The van der Waals surface area contributed by atoms with Gasteiger partial charge in [0.1, 0.15) is 17.3 Å². The van der Waals surface area contributed by atoms with Crippen LogP contribution in [0.2, 0.25) is 0 Å². The van der Waals surface area contributed by atoms with Crippen LogP contribution in [0.1, 0.15) is 46.1 Å². The van der Waals surface area contributed by atoms with Crippen molar-refractivity contribution in [1.82, 2.24) is 5.32 Å². The fraction of sp³-hybridized carbons (Fsp3) is 0.296. The molecule has 1 N–H and O–H groups in total. The zero-order valence-corrected chi connectivity index (χ0v) is 20.0. The van der Waals surface area contributed by atoms with Crippen molar-refractivity contribution in [3.8, 4) is 11.5 Å². The van der Waals surface area contributed by atoms with Crippen molar-refractivity contribution >= 4 is 23.3 Å². The van der Waals surface area contributed by atoms with Gasteiger partial charge in [-0.3, -0.25) is 19.3 Å². The highest BCUT2D eigenvalue weighted by molar-refractivity contribution is 6.02. The van der Waals surface area contributed by atoms with Gasteiger partial charge in [-0.25, -0.2) is 0 Å². The minimum Gasteiger partial charge on any atom is -0.485 e. The third-order valence-corrected chi connectivity index (χ3v) is 5.55. The Kier molecular flexibility index (Phi) is 7.19. The summed E-state index contributed by atoms with van der Waals surface area (Å²) in [6.07, 6.45) is 0. The molecule has 0 radical (unpaired) electrons. The van der Waals surface area contributed by atoms with Gasteiger partial charge in [-0.15, -0.1) is 0 Å². The number of hydrogen-bond donors (Lipinski definition) is 1. The number of fused-ring (bicyclic) bond motifs is 1. The fourth-order valence-electron chi connectivity index (χ4n) is 3.62. The first-order chi connectivity index (χ1) is 16.8. The summed E-state index contributed by atoms with van der Waals surface area (Å²) in [4.78, 5) is 39.3. The minimum absolute atomic E-state index is 0.101. The molecule has 2 heterocycles. The number of carbonyl (C=O) groups excluding carboxylic acids is 3. The first-order valence-electron chi connectivity index (χ1n) is 11.5. The molecule has 2 aromatic carbocycles. The predicted molar refractivity (Wildman–Crippen MR) is 130 cm³/mol. The topological polar surface area (TPSA) is 98.1 Å². The summed E-state index contributed by atoms with van der Waals surface area (Å²) in [6.45, 7) is 6.29. The van der Waals surface area contributed by atoms with E-state index in [4.69, 9.17) is 13.9 Å². The molecule has 8 nitrogen and oxygen atoms in total. The fourth-order valence-corrected chi connectivity index (χ4v) is 3.62. The van der Waals surface area contributed by atoms with E-state index in [9.17, 15) is 14.4 Å². The number of Topliss-reactive ketones (excluding diaryl/α,β-unsaturated/α-hetero) is 1. The molecule has 0 atom stereocenters. The van der Waals surface area contributed by atoms with Crippen molar-refractivity contribution in [1.29, 1.82) is 0 Å². The maximum absolute atomic E-state index is 12.8. The largest absolute Gasteiger partial charge is 0.485 e. The summed E-state index contributed by atoms with van der Waals surface area (Å²) in [6, 6.07) is 15.7. The lowest BCUT2D eigenvalue weighted by atomic mass is 10.1. The van der Waals surface area contributed by atoms with Gasteiger partial charge in [0.2, 0.25) is 0 Å². The lowest BCUT2D eigenvalue weighted by Gasteiger charge is -2.29. The molecule has 0 bridgehead atoms. The molecule has 0 spiro atoms. The van der Waals surface area contributed by atoms with Crippen molar-refractivity contribution in [2.75, 3.05) is 24.7 Å². The first kappa shape index (κ1) is 24.1. The molecule has 8 heteroatoms. The van der Waals surface area contributed by atoms with Crippen molar-refractivity contribution < 1.29 is 28.3 Å². The lowest BCUT2D eigenvalue weighted by Crippen LogP contribution is -2.38. The Morgan fingerprint density at radius 3 is 2.69 bits per heavy atom. The smallest absolute Gasteiger partial charge is 0.287 e. The number of carbonyl (C=O) groups is 3. The molecule has 0 saturated heterocycles. The van der Waals surface area contributed by atoms with Crippen LogP contribution in [0, 0.1) is 12.8 Å². The Hall–Kier alpha value is -4.07. The number of nitrogens with zero attached hydrogens (tertiary/aromatic N) is 1. The van der Waals surface area contributed by atoms with Crippen LogP contribution < -0.4 is 19.7 Å². The van der Waals surface area contributed by atoms with Gasteiger partial charge in [-0.05, 0) is 54.8 Å². The Morgan fingerprint density at radius 1 is 1.11 bits per heavy atom. The number of hydrogen-bond acceptors (Lipinski definition) is 6. The third-order valence-electron chi connectivity index (χ3n) is 5.55. The van der Waals surface area contributed by atoms with Crippen molar-refractivity contribution in [2.45, 2.75) is 27.3 Å². The monoisotopic (exact) mass is 476 g/mol. The van der Waals surface area contributed by atoms with Gasteiger partial charge in [-0.2, -0.15) is 0 Å². The van der Waals surface area contributed by atoms with E-state index >= 15 is 0 Å². The van der Waals surface area contributed by atoms with Crippen LogP contribution >= 0.6 is 0 Å². The molecule has 182 valence electrons. The molecular weight excluding hydrogens is 448 g/mol. The number of para-hydroxylation sites is 1. The number of aryl methyl sites for hydroxylation is 1. The SMILES string of the molecule is Cc1ccccc1OCC(=O)c1ccc2c(c1)N(Cc1ccc(C(=O)NCC(C)C)o1)C(=O)CO2. The number of furan rings is 1. The van der Waals surface area contributed by atoms with Crippen LogP contribution in [0.4, 0.5) is 5.69 Å². The molecule has 2 amide bonds. The van der Waals surface area contributed by atoms with E-state index < -0.39 is 0 Å². The van der Waals surface area contributed by atoms with E-state index in [1.54, 1.807) is 30.3 Å². The standard InChI is InChI=1S/C27H28N2O6/c1-17(2)13-28-27(32)25-11-9-20(35-25)14-29-21-12-19(8-10-24(21)34-16-26(29)31)22(30)15-33-23-7-5-4-6-18(23)3/h4-12,17H,13-16H2,1-3H3,(H,28,32). The Balaban J connectivity index is 1.49. The second-order valence-electron chi connectivity index (χ2n) is 8.80. The number of benzene rings is 2. The van der Waals surface area contributed by atoms with Crippen molar-refractivity contribution in [3.05, 3.63) is 77.2 Å². The number of ether oxygens (including phenoxy) is 2. The zero-order valence-electron chi connectivity index (χ0n) is 20.0. The quantitative estimate of drug-likeness (QED) is 0.466.